The Morgan fingerprint density at radius 3 is 2.59 bits per heavy atom. The van der Waals surface area contributed by atoms with Crippen molar-refractivity contribution in [3.8, 4) is 11.3 Å². The topological polar surface area (TPSA) is 68.1 Å². The van der Waals surface area contributed by atoms with Crippen LogP contribution in [0.5, 0.6) is 0 Å². The third-order valence-corrected chi connectivity index (χ3v) is 3.64. The van der Waals surface area contributed by atoms with E-state index in [-0.39, 0.29) is 22.7 Å². The molecule has 5 nitrogen and oxygen atoms in total. The van der Waals surface area contributed by atoms with Crippen molar-refractivity contribution in [2.75, 3.05) is 5.32 Å². The minimum atomic E-state index is -0.404. The second-order valence-corrected chi connectivity index (χ2v) is 5.19. The van der Waals surface area contributed by atoms with Crippen LogP contribution in [0.1, 0.15) is 0 Å². The highest BCUT2D eigenvalue weighted by Crippen LogP contribution is 2.28. The first-order valence-electron chi connectivity index (χ1n) is 6.25. The largest absolute Gasteiger partial charge is 1.00 e. The zero-order valence-electron chi connectivity index (χ0n) is 11.3. The third-order valence-electron chi connectivity index (χ3n) is 2.88. The Morgan fingerprint density at radius 2 is 1.86 bits per heavy atom. The number of thiazole rings is 1. The monoisotopic (exact) mass is 376 g/mol. The van der Waals surface area contributed by atoms with Gasteiger partial charge in [-0.3, -0.25) is 10.1 Å². The van der Waals surface area contributed by atoms with Gasteiger partial charge in [-0.15, -0.1) is 11.3 Å². The zero-order chi connectivity index (χ0) is 14.7. The van der Waals surface area contributed by atoms with Crippen molar-refractivity contribution in [3.05, 3.63) is 70.1 Å². The molecule has 22 heavy (non-hydrogen) atoms. The van der Waals surface area contributed by atoms with Crippen LogP contribution in [0.4, 0.5) is 16.5 Å². The summed E-state index contributed by atoms with van der Waals surface area (Å²) in [5, 5.41) is 16.6. The average Bonchev–Trinajstić information content (AvgIpc) is 2.97. The molecule has 112 valence electrons. The lowest BCUT2D eigenvalue weighted by Crippen LogP contribution is -3.00. The fourth-order valence-corrected chi connectivity index (χ4v) is 2.63. The Bertz CT molecular complexity index is 777. The number of anilines is 2. The summed E-state index contributed by atoms with van der Waals surface area (Å²) in [4.78, 5) is 14.9. The molecule has 1 N–H and O–H groups in total. The van der Waals surface area contributed by atoms with Crippen molar-refractivity contribution in [2.24, 2.45) is 0 Å². The summed E-state index contributed by atoms with van der Waals surface area (Å²) in [6, 6.07) is 16.2. The summed E-state index contributed by atoms with van der Waals surface area (Å²) < 4.78 is 0. The van der Waals surface area contributed by atoms with Gasteiger partial charge in [0.1, 0.15) is 0 Å². The first kappa shape index (κ1) is 16.1. The Kier molecular flexibility index (Phi) is 5.24. The van der Waals surface area contributed by atoms with E-state index in [1.165, 1.54) is 23.5 Å². The van der Waals surface area contributed by atoms with Gasteiger partial charge in [-0.25, -0.2) is 4.98 Å². The highest BCUT2D eigenvalue weighted by atomic mass is 79.9. The van der Waals surface area contributed by atoms with Gasteiger partial charge in [0, 0.05) is 28.8 Å². The van der Waals surface area contributed by atoms with Gasteiger partial charge >= 0.3 is 0 Å². The van der Waals surface area contributed by atoms with Crippen molar-refractivity contribution < 1.29 is 21.9 Å². The van der Waals surface area contributed by atoms with Crippen LogP contribution in [-0.2, 0) is 0 Å². The summed E-state index contributed by atoms with van der Waals surface area (Å²) >= 11 is 1.46. The predicted molar refractivity (Wildman–Crippen MR) is 83.9 cm³/mol. The quantitative estimate of drug-likeness (QED) is 0.552. The van der Waals surface area contributed by atoms with E-state index in [1.807, 2.05) is 41.8 Å². The lowest BCUT2D eigenvalue weighted by molar-refractivity contribution is -0.384. The van der Waals surface area contributed by atoms with Crippen LogP contribution < -0.4 is 22.3 Å². The highest BCUT2D eigenvalue weighted by molar-refractivity contribution is 7.14. The molecule has 0 saturated carbocycles. The van der Waals surface area contributed by atoms with E-state index in [1.54, 1.807) is 6.07 Å². The van der Waals surface area contributed by atoms with E-state index in [0.29, 0.717) is 0 Å². The zero-order valence-corrected chi connectivity index (χ0v) is 13.7. The number of halogens is 1. The molecule has 0 aliphatic carbocycles. The molecule has 1 aromatic heterocycles. The molecule has 1 heterocycles. The van der Waals surface area contributed by atoms with Crippen LogP contribution in [0.2, 0.25) is 0 Å². The maximum Gasteiger partial charge on any atom is 0.270 e. The first-order valence-corrected chi connectivity index (χ1v) is 7.13. The smallest absolute Gasteiger partial charge is 0.270 e. The second-order valence-electron chi connectivity index (χ2n) is 4.34. The number of nitro benzene ring substituents is 1. The van der Waals surface area contributed by atoms with Gasteiger partial charge in [-0.1, -0.05) is 30.3 Å². The summed E-state index contributed by atoms with van der Waals surface area (Å²) in [7, 11) is 0. The summed E-state index contributed by atoms with van der Waals surface area (Å²) in [5.74, 6) is 0. The molecule has 0 fully saturated rings. The number of rotatable bonds is 4. The lowest BCUT2D eigenvalue weighted by atomic mass is 10.1. The molecule has 3 rings (SSSR count). The van der Waals surface area contributed by atoms with Gasteiger partial charge < -0.3 is 22.3 Å². The normalized spacial score (nSPS) is 9.82. The van der Waals surface area contributed by atoms with E-state index in [0.717, 1.165) is 22.1 Å². The molecule has 3 aromatic rings. The maximum absolute atomic E-state index is 10.8. The maximum atomic E-state index is 10.8. The van der Waals surface area contributed by atoms with Crippen LogP contribution >= 0.6 is 11.3 Å². The van der Waals surface area contributed by atoms with Gasteiger partial charge in [-0.05, 0) is 12.1 Å². The van der Waals surface area contributed by atoms with Crippen molar-refractivity contribution in [1.29, 1.82) is 0 Å². The Labute approximate surface area is 141 Å². The molecule has 0 amide bonds. The van der Waals surface area contributed by atoms with Gasteiger partial charge in [0.2, 0.25) is 0 Å². The van der Waals surface area contributed by atoms with Gasteiger partial charge in [0.05, 0.1) is 10.6 Å². The van der Waals surface area contributed by atoms with Gasteiger partial charge in [-0.2, -0.15) is 0 Å². The molecular formula is C15H11BrN3O2S-. The lowest BCUT2D eigenvalue weighted by Gasteiger charge is -2.01. The number of para-hydroxylation sites is 1. The van der Waals surface area contributed by atoms with E-state index >= 15 is 0 Å². The molecular weight excluding hydrogens is 366 g/mol. The second kappa shape index (κ2) is 7.15. The van der Waals surface area contributed by atoms with Crippen LogP contribution in [0, 0.1) is 10.1 Å². The molecule has 0 bridgehead atoms. The summed E-state index contributed by atoms with van der Waals surface area (Å²) in [6.45, 7) is 0. The first-order chi connectivity index (χ1) is 10.2. The summed E-state index contributed by atoms with van der Waals surface area (Å²) in [6.07, 6.45) is 0. The minimum Gasteiger partial charge on any atom is -1.00 e. The van der Waals surface area contributed by atoms with Gasteiger partial charge in [0.15, 0.2) is 5.13 Å². The Morgan fingerprint density at radius 1 is 1.09 bits per heavy atom. The number of nitrogens with one attached hydrogen (secondary N) is 1. The molecule has 2 aromatic carbocycles. The molecule has 0 aliphatic heterocycles. The number of nitrogens with zero attached hydrogens (tertiary/aromatic N) is 2. The molecule has 0 atom stereocenters. The van der Waals surface area contributed by atoms with Crippen LogP contribution in [0.3, 0.4) is 0 Å². The molecule has 0 aliphatic rings. The van der Waals surface area contributed by atoms with Crippen molar-refractivity contribution in [3.63, 3.8) is 0 Å². The number of nitro groups is 1. The Balaban J connectivity index is 0.00000176. The third kappa shape index (κ3) is 3.69. The van der Waals surface area contributed by atoms with Crippen LogP contribution in [-0.4, -0.2) is 9.91 Å². The SMILES string of the molecule is O=[N+]([O-])c1cccc(-c2csc(Nc3ccccc3)n2)c1.[Br-]. The fourth-order valence-electron chi connectivity index (χ4n) is 1.89. The predicted octanol–water partition coefficient (Wildman–Crippen LogP) is 1.47. The van der Waals surface area contributed by atoms with E-state index in [4.69, 9.17) is 0 Å². The van der Waals surface area contributed by atoms with E-state index in [2.05, 4.69) is 10.3 Å². The average molecular weight is 377 g/mol. The van der Waals surface area contributed by atoms with Gasteiger partial charge in [0.25, 0.3) is 5.69 Å². The van der Waals surface area contributed by atoms with Crippen LogP contribution in [0.15, 0.2) is 60.0 Å². The standard InChI is InChI=1S/C15H11N3O2S.BrH/c19-18(20)13-8-4-5-11(9-13)14-10-21-15(17-14)16-12-6-2-1-3-7-12;/h1-10H,(H,16,17);1H/p-1. The molecule has 0 saturated heterocycles. The number of non-ortho nitro benzene ring substituents is 1. The number of benzene rings is 2. The fraction of sp³-hybridized carbons (Fsp3) is 0. The molecule has 0 radical (unpaired) electrons. The number of hydrogen-bond donors (Lipinski definition) is 1. The summed E-state index contributed by atoms with van der Waals surface area (Å²) in [5.41, 5.74) is 2.49. The Hall–Kier alpha value is -2.25. The van der Waals surface area contributed by atoms with E-state index in [9.17, 15) is 10.1 Å². The van der Waals surface area contributed by atoms with Crippen molar-refractivity contribution in [2.45, 2.75) is 0 Å². The molecule has 0 spiro atoms. The van der Waals surface area contributed by atoms with E-state index < -0.39 is 4.92 Å². The molecule has 7 heteroatoms. The van der Waals surface area contributed by atoms with Crippen molar-refractivity contribution >= 4 is 27.8 Å². The molecule has 0 unspecified atom stereocenters. The van der Waals surface area contributed by atoms with Crippen molar-refractivity contribution in [1.82, 2.24) is 4.98 Å². The number of aromatic nitrogens is 1. The minimum absolute atomic E-state index is 0. The van der Waals surface area contributed by atoms with Crippen LogP contribution in [0.25, 0.3) is 11.3 Å². The highest BCUT2D eigenvalue weighted by Gasteiger charge is 2.10. The number of hydrogen-bond acceptors (Lipinski definition) is 5.